The van der Waals surface area contributed by atoms with Crippen LogP contribution in [0.4, 0.5) is 0 Å². The Kier molecular flexibility index (Phi) is 2.20. The highest BCUT2D eigenvalue weighted by Gasteiger charge is 2.05. The van der Waals surface area contributed by atoms with E-state index in [0.29, 0.717) is 0 Å². The van der Waals surface area contributed by atoms with Crippen LogP contribution in [0.2, 0.25) is 5.02 Å². The van der Waals surface area contributed by atoms with Crippen molar-refractivity contribution in [3.8, 4) is 0 Å². The molecule has 0 saturated carbocycles. The Morgan fingerprint density at radius 3 is 2.50 bits per heavy atom. The third-order valence-corrected chi connectivity index (χ3v) is 2.92. The van der Waals surface area contributed by atoms with E-state index in [1.165, 1.54) is 11.1 Å². The first-order valence-electron chi connectivity index (χ1n) is 4.61. The molecule has 0 unspecified atom stereocenters. The Morgan fingerprint density at radius 2 is 1.79 bits per heavy atom. The average molecular weight is 206 g/mol. The fraction of sp³-hybridized carbons (Fsp3) is 0.250. The number of hydrogen-bond acceptors (Lipinski definition) is 1. The molecule has 0 bridgehead atoms. The first kappa shape index (κ1) is 9.47. The molecule has 1 heterocycles. The summed E-state index contributed by atoms with van der Waals surface area (Å²) < 4.78 is 0. The van der Waals surface area contributed by atoms with Gasteiger partial charge in [0.1, 0.15) is 0 Å². The first-order valence-corrected chi connectivity index (χ1v) is 4.99. The second-order valence-electron chi connectivity index (χ2n) is 3.73. The lowest BCUT2D eigenvalue weighted by Gasteiger charge is -2.06. The molecule has 0 aliphatic heterocycles. The molecule has 0 aliphatic rings. The lowest BCUT2D eigenvalue weighted by atomic mass is 10.1. The molecule has 1 aromatic carbocycles. The molecule has 0 N–H and O–H groups in total. The van der Waals surface area contributed by atoms with Crippen LogP contribution in [0.3, 0.4) is 0 Å². The van der Waals surface area contributed by atoms with Gasteiger partial charge >= 0.3 is 0 Å². The Morgan fingerprint density at radius 1 is 1.07 bits per heavy atom. The van der Waals surface area contributed by atoms with Gasteiger partial charge in [0.25, 0.3) is 0 Å². The molecule has 0 fully saturated rings. The number of pyridine rings is 1. The maximum atomic E-state index is 6.23. The van der Waals surface area contributed by atoms with Crippen LogP contribution in [0, 0.1) is 20.8 Å². The minimum absolute atomic E-state index is 0.821. The summed E-state index contributed by atoms with van der Waals surface area (Å²) >= 11 is 6.23. The maximum Gasteiger partial charge on any atom is 0.0746 e. The van der Waals surface area contributed by atoms with Crippen LogP contribution in [-0.2, 0) is 0 Å². The lowest BCUT2D eigenvalue weighted by molar-refractivity contribution is 1.30. The number of fused-ring (bicyclic) bond motifs is 1. The lowest BCUT2D eigenvalue weighted by Crippen LogP contribution is -1.88. The van der Waals surface area contributed by atoms with Crippen molar-refractivity contribution >= 4 is 22.5 Å². The summed E-state index contributed by atoms with van der Waals surface area (Å²) in [4.78, 5) is 4.40. The number of hydrogen-bond donors (Lipinski definition) is 0. The zero-order valence-corrected chi connectivity index (χ0v) is 9.31. The summed E-state index contributed by atoms with van der Waals surface area (Å²) in [6.45, 7) is 6.12. The van der Waals surface area contributed by atoms with Crippen LogP contribution in [0.1, 0.15) is 16.7 Å². The number of benzene rings is 1. The fourth-order valence-corrected chi connectivity index (χ4v) is 1.92. The monoisotopic (exact) mass is 205 g/mol. The van der Waals surface area contributed by atoms with Gasteiger partial charge in [0, 0.05) is 11.6 Å². The number of aryl methyl sites for hydroxylation is 3. The summed E-state index contributed by atoms with van der Waals surface area (Å²) in [6, 6.07) is 4.21. The zero-order chi connectivity index (χ0) is 10.3. The van der Waals surface area contributed by atoms with Gasteiger partial charge in [0.15, 0.2) is 0 Å². The van der Waals surface area contributed by atoms with Gasteiger partial charge in [-0.2, -0.15) is 0 Å². The summed E-state index contributed by atoms with van der Waals surface area (Å²) in [7, 11) is 0. The van der Waals surface area contributed by atoms with Gasteiger partial charge in [-0.3, -0.25) is 4.98 Å². The van der Waals surface area contributed by atoms with E-state index in [0.717, 1.165) is 21.5 Å². The van der Waals surface area contributed by atoms with Crippen LogP contribution in [-0.4, -0.2) is 4.98 Å². The number of halogens is 1. The van der Waals surface area contributed by atoms with Crippen LogP contribution in [0.25, 0.3) is 10.9 Å². The molecule has 0 amide bonds. The van der Waals surface area contributed by atoms with Crippen LogP contribution >= 0.6 is 11.6 Å². The van der Waals surface area contributed by atoms with E-state index in [1.807, 2.05) is 13.1 Å². The van der Waals surface area contributed by atoms with Crippen molar-refractivity contribution in [2.75, 3.05) is 0 Å². The smallest absolute Gasteiger partial charge is 0.0746 e. The van der Waals surface area contributed by atoms with Gasteiger partial charge in [-0.05, 0) is 38.0 Å². The van der Waals surface area contributed by atoms with E-state index >= 15 is 0 Å². The molecule has 72 valence electrons. The molecular formula is C12H12ClN. The largest absolute Gasteiger partial charge is 0.256 e. The van der Waals surface area contributed by atoms with Crippen molar-refractivity contribution in [1.29, 1.82) is 0 Å². The molecule has 0 aliphatic carbocycles. The van der Waals surface area contributed by atoms with E-state index in [9.17, 15) is 0 Å². The standard InChI is InChI=1S/C12H12ClN/c1-7-4-8(2)12-10(5-7)11(13)9(3)6-14-12/h4-6H,1-3H3. The maximum absolute atomic E-state index is 6.23. The van der Waals surface area contributed by atoms with Crippen molar-refractivity contribution in [2.45, 2.75) is 20.8 Å². The molecule has 0 spiro atoms. The number of rotatable bonds is 0. The van der Waals surface area contributed by atoms with Crippen molar-refractivity contribution in [3.05, 3.63) is 40.0 Å². The van der Waals surface area contributed by atoms with Gasteiger partial charge in [0.05, 0.1) is 10.5 Å². The number of nitrogens with zero attached hydrogens (tertiary/aromatic N) is 1. The summed E-state index contributed by atoms with van der Waals surface area (Å²) in [6.07, 6.45) is 1.83. The van der Waals surface area contributed by atoms with E-state index in [1.54, 1.807) is 0 Å². The van der Waals surface area contributed by atoms with E-state index in [-0.39, 0.29) is 0 Å². The molecule has 2 rings (SSSR count). The fourth-order valence-electron chi connectivity index (χ4n) is 1.73. The minimum atomic E-state index is 0.821. The van der Waals surface area contributed by atoms with Crippen molar-refractivity contribution in [1.82, 2.24) is 4.98 Å². The van der Waals surface area contributed by atoms with Crippen LogP contribution in [0.5, 0.6) is 0 Å². The van der Waals surface area contributed by atoms with Gasteiger partial charge in [-0.15, -0.1) is 0 Å². The predicted molar refractivity (Wildman–Crippen MR) is 61.0 cm³/mol. The van der Waals surface area contributed by atoms with Gasteiger partial charge in [0.2, 0.25) is 0 Å². The Balaban J connectivity index is 2.95. The third kappa shape index (κ3) is 1.38. The summed E-state index contributed by atoms with van der Waals surface area (Å²) in [5, 5.41) is 1.88. The molecule has 1 aromatic heterocycles. The topological polar surface area (TPSA) is 12.9 Å². The molecule has 0 atom stereocenters. The molecule has 0 radical (unpaired) electrons. The van der Waals surface area contributed by atoms with Crippen molar-refractivity contribution in [2.24, 2.45) is 0 Å². The highest BCUT2D eigenvalue weighted by molar-refractivity contribution is 6.36. The average Bonchev–Trinajstić information content (AvgIpc) is 2.12. The summed E-state index contributed by atoms with van der Waals surface area (Å²) in [5.41, 5.74) is 4.45. The van der Waals surface area contributed by atoms with Crippen LogP contribution < -0.4 is 0 Å². The second kappa shape index (κ2) is 3.25. The third-order valence-electron chi connectivity index (χ3n) is 2.41. The Bertz CT molecular complexity index is 503. The Hall–Kier alpha value is -1.08. The highest BCUT2D eigenvalue weighted by Crippen LogP contribution is 2.27. The van der Waals surface area contributed by atoms with Gasteiger partial charge in [-0.25, -0.2) is 0 Å². The molecule has 0 saturated heterocycles. The quantitative estimate of drug-likeness (QED) is 0.637. The van der Waals surface area contributed by atoms with Gasteiger partial charge in [-0.1, -0.05) is 23.2 Å². The minimum Gasteiger partial charge on any atom is -0.256 e. The van der Waals surface area contributed by atoms with E-state index in [4.69, 9.17) is 11.6 Å². The predicted octanol–water partition coefficient (Wildman–Crippen LogP) is 3.81. The highest BCUT2D eigenvalue weighted by atomic mass is 35.5. The molecule has 2 aromatic rings. The SMILES string of the molecule is Cc1cc(C)c2ncc(C)c(Cl)c2c1. The van der Waals surface area contributed by atoms with Crippen molar-refractivity contribution < 1.29 is 0 Å². The summed E-state index contributed by atoms with van der Waals surface area (Å²) in [5.74, 6) is 0. The molecule has 1 nitrogen and oxygen atoms in total. The number of aromatic nitrogens is 1. The zero-order valence-electron chi connectivity index (χ0n) is 8.56. The van der Waals surface area contributed by atoms with E-state index in [2.05, 4.69) is 31.0 Å². The van der Waals surface area contributed by atoms with Gasteiger partial charge < -0.3 is 0 Å². The second-order valence-corrected chi connectivity index (χ2v) is 4.11. The van der Waals surface area contributed by atoms with Crippen molar-refractivity contribution in [3.63, 3.8) is 0 Å². The normalized spacial score (nSPS) is 10.9. The van der Waals surface area contributed by atoms with Crippen LogP contribution in [0.15, 0.2) is 18.3 Å². The first-order chi connectivity index (χ1) is 6.59. The molecule has 14 heavy (non-hydrogen) atoms. The van der Waals surface area contributed by atoms with E-state index < -0.39 is 0 Å². The molecule has 2 heteroatoms. The molecular weight excluding hydrogens is 194 g/mol. The Labute approximate surface area is 88.7 Å².